The molecule has 0 spiro atoms. The van der Waals surface area contributed by atoms with Crippen molar-refractivity contribution in [3.05, 3.63) is 70.2 Å². The van der Waals surface area contributed by atoms with Gasteiger partial charge in [-0.2, -0.15) is 0 Å². The van der Waals surface area contributed by atoms with Gasteiger partial charge in [0.15, 0.2) is 0 Å². The lowest BCUT2D eigenvalue weighted by Gasteiger charge is -2.04. The van der Waals surface area contributed by atoms with Gasteiger partial charge >= 0.3 is 0 Å². The molecule has 2 nitrogen and oxygen atoms in total. The average Bonchev–Trinajstić information content (AvgIpc) is 2.74. The number of imidazole rings is 1. The monoisotopic (exact) mass is 300 g/mol. The number of pyridine rings is 1. The van der Waals surface area contributed by atoms with E-state index in [0.29, 0.717) is 0 Å². The fourth-order valence-corrected chi connectivity index (χ4v) is 2.53. The van der Waals surface area contributed by atoms with Crippen molar-refractivity contribution in [2.45, 2.75) is 13.3 Å². The van der Waals surface area contributed by atoms with E-state index < -0.39 is 0 Å². The van der Waals surface area contributed by atoms with Crippen LogP contribution in [0, 0.1) is 6.92 Å². The minimum Gasteiger partial charge on any atom is -0.303 e. The normalized spacial score (nSPS) is 11.0. The van der Waals surface area contributed by atoms with Crippen molar-refractivity contribution >= 4 is 21.4 Å². The van der Waals surface area contributed by atoms with E-state index in [9.17, 15) is 0 Å². The molecule has 0 saturated carbocycles. The maximum absolute atomic E-state index is 4.51. The van der Waals surface area contributed by atoms with Crippen molar-refractivity contribution in [3.63, 3.8) is 0 Å². The SMILES string of the molecule is Cc1ccn2c(Cc3ccccc3Br)ncc2c1. The molecule has 0 aliphatic rings. The molecule has 0 amide bonds. The van der Waals surface area contributed by atoms with Crippen LogP contribution in [0.25, 0.3) is 5.52 Å². The molecule has 2 aromatic heterocycles. The van der Waals surface area contributed by atoms with Crippen molar-refractivity contribution in [1.82, 2.24) is 9.38 Å². The summed E-state index contributed by atoms with van der Waals surface area (Å²) in [5, 5.41) is 0. The molecule has 2 heterocycles. The van der Waals surface area contributed by atoms with Crippen LogP contribution >= 0.6 is 15.9 Å². The van der Waals surface area contributed by atoms with Gasteiger partial charge in [0.25, 0.3) is 0 Å². The van der Waals surface area contributed by atoms with E-state index in [0.717, 1.165) is 22.2 Å². The number of nitrogens with zero attached hydrogens (tertiary/aromatic N) is 2. The van der Waals surface area contributed by atoms with Gasteiger partial charge in [0.05, 0.1) is 11.7 Å². The lowest BCUT2D eigenvalue weighted by Crippen LogP contribution is -1.97. The predicted octanol–water partition coefficient (Wildman–Crippen LogP) is 4.00. The first kappa shape index (κ1) is 11.5. The van der Waals surface area contributed by atoms with Gasteiger partial charge in [-0.15, -0.1) is 0 Å². The molecule has 3 aromatic rings. The second kappa shape index (κ2) is 4.58. The van der Waals surface area contributed by atoms with Crippen LogP contribution in [0.1, 0.15) is 17.0 Å². The molecular weight excluding hydrogens is 288 g/mol. The lowest BCUT2D eigenvalue weighted by atomic mass is 10.1. The minimum atomic E-state index is 0.832. The Balaban J connectivity index is 2.03. The molecule has 0 radical (unpaired) electrons. The van der Waals surface area contributed by atoms with E-state index >= 15 is 0 Å². The fourth-order valence-electron chi connectivity index (χ4n) is 2.11. The van der Waals surface area contributed by atoms with Gasteiger partial charge in [0.2, 0.25) is 0 Å². The maximum Gasteiger partial charge on any atom is 0.117 e. The molecule has 3 rings (SSSR count). The van der Waals surface area contributed by atoms with Gasteiger partial charge in [-0.3, -0.25) is 0 Å². The molecule has 0 atom stereocenters. The number of aromatic nitrogens is 2. The Bertz CT molecular complexity index is 701. The Morgan fingerprint density at radius 3 is 2.89 bits per heavy atom. The second-order valence-electron chi connectivity index (χ2n) is 4.44. The molecular formula is C15H13BrN2. The number of aryl methyl sites for hydroxylation is 1. The molecule has 0 fully saturated rings. The molecule has 0 bridgehead atoms. The van der Waals surface area contributed by atoms with Crippen molar-refractivity contribution in [2.75, 3.05) is 0 Å². The Kier molecular flexibility index (Phi) is 2.92. The van der Waals surface area contributed by atoms with E-state index in [1.54, 1.807) is 0 Å². The molecule has 3 heteroatoms. The van der Waals surface area contributed by atoms with Crippen molar-refractivity contribution in [3.8, 4) is 0 Å². The summed E-state index contributed by atoms with van der Waals surface area (Å²) in [5.41, 5.74) is 3.66. The van der Waals surface area contributed by atoms with Crippen LogP contribution in [0.3, 0.4) is 0 Å². The van der Waals surface area contributed by atoms with Crippen LogP contribution in [0.5, 0.6) is 0 Å². The predicted molar refractivity (Wildman–Crippen MR) is 76.9 cm³/mol. The Morgan fingerprint density at radius 2 is 2.06 bits per heavy atom. The first-order valence-electron chi connectivity index (χ1n) is 5.90. The highest BCUT2D eigenvalue weighted by molar-refractivity contribution is 9.10. The third-order valence-electron chi connectivity index (χ3n) is 3.07. The molecule has 0 unspecified atom stereocenters. The molecule has 1 aromatic carbocycles. The zero-order valence-electron chi connectivity index (χ0n) is 10.1. The van der Waals surface area contributed by atoms with Gasteiger partial charge in [0.1, 0.15) is 5.82 Å². The second-order valence-corrected chi connectivity index (χ2v) is 5.30. The summed E-state index contributed by atoms with van der Waals surface area (Å²) in [5.74, 6) is 1.07. The van der Waals surface area contributed by atoms with E-state index in [2.05, 4.69) is 68.8 Å². The van der Waals surface area contributed by atoms with Gasteiger partial charge in [-0.1, -0.05) is 34.1 Å². The highest BCUT2D eigenvalue weighted by Gasteiger charge is 2.06. The smallest absolute Gasteiger partial charge is 0.117 e. The quantitative estimate of drug-likeness (QED) is 0.699. The summed E-state index contributed by atoms with van der Waals surface area (Å²) >= 11 is 3.58. The minimum absolute atomic E-state index is 0.832. The van der Waals surface area contributed by atoms with Crippen molar-refractivity contribution < 1.29 is 0 Å². The van der Waals surface area contributed by atoms with Crippen LogP contribution in [-0.2, 0) is 6.42 Å². The Labute approximate surface area is 114 Å². The zero-order chi connectivity index (χ0) is 12.5. The van der Waals surface area contributed by atoms with Crippen molar-refractivity contribution in [2.24, 2.45) is 0 Å². The number of fused-ring (bicyclic) bond motifs is 1. The highest BCUT2D eigenvalue weighted by Crippen LogP contribution is 2.20. The largest absolute Gasteiger partial charge is 0.303 e. The Morgan fingerprint density at radius 1 is 1.22 bits per heavy atom. The first-order valence-corrected chi connectivity index (χ1v) is 6.69. The number of benzene rings is 1. The van der Waals surface area contributed by atoms with E-state index in [1.165, 1.54) is 11.1 Å². The number of hydrogen-bond acceptors (Lipinski definition) is 1. The molecule has 90 valence electrons. The van der Waals surface area contributed by atoms with Gasteiger partial charge in [-0.05, 0) is 36.2 Å². The zero-order valence-corrected chi connectivity index (χ0v) is 11.7. The number of halogens is 1. The van der Waals surface area contributed by atoms with Gasteiger partial charge in [0, 0.05) is 17.1 Å². The average molecular weight is 301 g/mol. The summed E-state index contributed by atoms with van der Waals surface area (Å²) < 4.78 is 3.28. The topological polar surface area (TPSA) is 17.3 Å². The fraction of sp³-hybridized carbons (Fsp3) is 0.133. The van der Waals surface area contributed by atoms with Crippen LogP contribution in [-0.4, -0.2) is 9.38 Å². The molecule has 0 saturated heterocycles. The summed E-state index contributed by atoms with van der Waals surface area (Å²) in [6, 6.07) is 12.5. The highest BCUT2D eigenvalue weighted by atomic mass is 79.9. The van der Waals surface area contributed by atoms with Gasteiger partial charge in [-0.25, -0.2) is 4.98 Å². The summed E-state index contributed by atoms with van der Waals surface area (Å²) in [6.07, 6.45) is 4.85. The molecule has 18 heavy (non-hydrogen) atoms. The number of rotatable bonds is 2. The summed E-state index contributed by atoms with van der Waals surface area (Å²) in [7, 11) is 0. The van der Waals surface area contributed by atoms with E-state index in [-0.39, 0.29) is 0 Å². The van der Waals surface area contributed by atoms with E-state index in [4.69, 9.17) is 0 Å². The third-order valence-corrected chi connectivity index (χ3v) is 3.84. The first-order chi connectivity index (χ1) is 8.74. The van der Waals surface area contributed by atoms with Crippen LogP contribution in [0.2, 0.25) is 0 Å². The maximum atomic E-state index is 4.51. The summed E-state index contributed by atoms with van der Waals surface area (Å²) in [6.45, 7) is 2.10. The van der Waals surface area contributed by atoms with E-state index in [1.807, 2.05) is 12.3 Å². The Hall–Kier alpha value is -1.61. The van der Waals surface area contributed by atoms with Crippen LogP contribution < -0.4 is 0 Å². The van der Waals surface area contributed by atoms with Crippen LogP contribution in [0.4, 0.5) is 0 Å². The van der Waals surface area contributed by atoms with Gasteiger partial charge < -0.3 is 4.40 Å². The van der Waals surface area contributed by atoms with Crippen molar-refractivity contribution in [1.29, 1.82) is 0 Å². The lowest BCUT2D eigenvalue weighted by molar-refractivity contribution is 0.956. The molecule has 0 N–H and O–H groups in total. The molecule has 0 aliphatic heterocycles. The molecule has 0 aliphatic carbocycles. The van der Waals surface area contributed by atoms with Crippen LogP contribution in [0.15, 0.2) is 53.3 Å². The summed E-state index contributed by atoms with van der Waals surface area (Å²) in [4.78, 5) is 4.51. The third kappa shape index (κ3) is 2.06. The number of hydrogen-bond donors (Lipinski definition) is 0. The standard InChI is InChI=1S/C15H13BrN2/c1-11-6-7-18-13(8-11)10-17-15(18)9-12-4-2-3-5-14(12)16/h2-8,10H,9H2,1H3.